The van der Waals surface area contributed by atoms with Crippen molar-refractivity contribution >= 4 is 0 Å². The number of aromatic hydroxyl groups is 1. The van der Waals surface area contributed by atoms with Gasteiger partial charge < -0.3 is 9.67 Å². The number of unbranched alkanes of at least 4 members (excludes halogenated alkanes) is 12. The Balaban J connectivity index is 1.91. The summed E-state index contributed by atoms with van der Waals surface area (Å²) in [6, 6.07) is 1.45. The largest absolute Gasteiger partial charge is 0.503 e. The Morgan fingerprint density at radius 2 is 1.37 bits per heavy atom. The summed E-state index contributed by atoms with van der Waals surface area (Å²) in [4.78, 5) is 11.3. The fraction of sp³-hybridized carbons (Fsp3) is 0.708. The molecule has 0 aliphatic heterocycles. The first kappa shape index (κ1) is 23.5. The predicted molar refractivity (Wildman–Crippen MR) is 117 cm³/mol. The lowest BCUT2D eigenvalue weighted by atomic mass is 10.1. The van der Waals surface area contributed by atoms with Gasteiger partial charge in [-0.25, -0.2) is 0 Å². The van der Waals surface area contributed by atoms with Crippen molar-refractivity contribution < 1.29 is 5.11 Å². The van der Waals surface area contributed by atoms with Crippen LogP contribution in [-0.2, 0) is 6.54 Å². The molecule has 1 aromatic rings. The van der Waals surface area contributed by atoms with Crippen molar-refractivity contribution in [3.05, 3.63) is 40.3 Å². The van der Waals surface area contributed by atoms with Crippen LogP contribution >= 0.6 is 0 Å². The van der Waals surface area contributed by atoms with Gasteiger partial charge in [-0.05, 0) is 39.0 Å². The number of nitrogens with zero attached hydrogens (tertiary/aromatic N) is 1. The van der Waals surface area contributed by atoms with Gasteiger partial charge in [0.25, 0.3) is 0 Å². The van der Waals surface area contributed by atoms with E-state index in [1.165, 1.54) is 89.5 Å². The zero-order valence-electron chi connectivity index (χ0n) is 17.7. The van der Waals surface area contributed by atoms with Crippen LogP contribution in [0.2, 0.25) is 0 Å². The van der Waals surface area contributed by atoms with Crippen LogP contribution in [0.25, 0.3) is 0 Å². The first-order chi connectivity index (χ1) is 13.2. The van der Waals surface area contributed by atoms with E-state index in [0.29, 0.717) is 5.69 Å². The van der Waals surface area contributed by atoms with Gasteiger partial charge in [0, 0.05) is 18.8 Å². The molecule has 0 saturated carbocycles. The third-order valence-corrected chi connectivity index (χ3v) is 5.32. The van der Waals surface area contributed by atoms with Crippen LogP contribution < -0.4 is 5.43 Å². The van der Waals surface area contributed by atoms with E-state index in [-0.39, 0.29) is 11.2 Å². The smallest absolute Gasteiger partial charge is 0.223 e. The average Bonchev–Trinajstić information content (AvgIpc) is 2.67. The van der Waals surface area contributed by atoms with Gasteiger partial charge in [0.15, 0.2) is 5.75 Å². The fourth-order valence-electron chi connectivity index (χ4n) is 3.43. The highest BCUT2D eigenvalue weighted by molar-refractivity contribution is 5.25. The number of rotatable bonds is 16. The van der Waals surface area contributed by atoms with Crippen molar-refractivity contribution in [2.24, 2.45) is 0 Å². The maximum atomic E-state index is 11.3. The highest BCUT2D eigenvalue weighted by Gasteiger charge is 2.04. The minimum atomic E-state index is -0.287. The lowest BCUT2D eigenvalue weighted by Gasteiger charge is -2.11. The first-order valence-corrected chi connectivity index (χ1v) is 11.2. The molecule has 0 unspecified atom stereocenters. The molecular weight excluding hydrogens is 334 g/mol. The Kier molecular flexibility index (Phi) is 13.5. The van der Waals surface area contributed by atoms with Crippen molar-refractivity contribution in [2.75, 3.05) is 0 Å². The van der Waals surface area contributed by atoms with E-state index in [2.05, 4.69) is 19.1 Å². The van der Waals surface area contributed by atoms with Gasteiger partial charge in [0.1, 0.15) is 0 Å². The molecule has 0 spiro atoms. The molecule has 1 aromatic heterocycles. The average molecular weight is 376 g/mol. The Hall–Kier alpha value is -1.51. The van der Waals surface area contributed by atoms with Crippen LogP contribution in [0.15, 0.2) is 29.2 Å². The Morgan fingerprint density at radius 1 is 0.852 bits per heavy atom. The van der Waals surface area contributed by atoms with Crippen molar-refractivity contribution in [2.45, 2.75) is 110 Å². The van der Waals surface area contributed by atoms with Crippen LogP contribution in [-0.4, -0.2) is 9.67 Å². The van der Waals surface area contributed by atoms with Crippen LogP contribution in [0.1, 0.15) is 103 Å². The molecule has 0 bridgehead atoms. The molecule has 0 aromatic carbocycles. The Bertz CT molecular complexity index is 574. The van der Waals surface area contributed by atoms with Gasteiger partial charge in [-0.2, -0.15) is 0 Å². The molecule has 0 amide bonds. The summed E-state index contributed by atoms with van der Waals surface area (Å²) in [7, 11) is 0. The van der Waals surface area contributed by atoms with E-state index in [1.54, 1.807) is 13.1 Å². The van der Waals surface area contributed by atoms with Crippen molar-refractivity contribution in [3.8, 4) is 5.75 Å². The molecule has 154 valence electrons. The molecular formula is C24H41NO2. The van der Waals surface area contributed by atoms with E-state index in [1.807, 2.05) is 4.57 Å². The monoisotopic (exact) mass is 375 g/mol. The predicted octanol–water partition coefficient (Wildman–Crippen LogP) is 6.90. The van der Waals surface area contributed by atoms with Crippen LogP contribution in [0.5, 0.6) is 5.75 Å². The number of aromatic nitrogens is 1. The molecule has 1 N–H and O–H groups in total. The maximum absolute atomic E-state index is 11.3. The SMILES string of the molecule is CCCCCCCC/C=C\CCCCCCCCn1ccc(=O)c(O)c1C. The lowest BCUT2D eigenvalue weighted by Crippen LogP contribution is -2.10. The van der Waals surface area contributed by atoms with Gasteiger partial charge in [0.05, 0.1) is 5.69 Å². The fourth-order valence-corrected chi connectivity index (χ4v) is 3.43. The molecule has 3 heteroatoms. The first-order valence-electron chi connectivity index (χ1n) is 11.2. The van der Waals surface area contributed by atoms with Gasteiger partial charge in [-0.3, -0.25) is 4.79 Å². The van der Waals surface area contributed by atoms with E-state index < -0.39 is 0 Å². The standard InChI is InChI=1S/C24H41NO2/c1-3-4-5-6-7-8-9-10-11-12-13-14-15-16-17-18-20-25-21-19-23(26)24(27)22(25)2/h10-11,19,21,27H,3-9,12-18,20H2,1-2H3/b11-10-. The summed E-state index contributed by atoms with van der Waals surface area (Å²) >= 11 is 0. The Labute approximate surface area is 166 Å². The lowest BCUT2D eigenvalue weighted by molar-refractivity contribution is 0.449. The van der Waals surface area contributed by atoms with Crippen LogP contribution in [0.4, 0.5) is 0 Å². The topological polar surface area (TPSA) is 42.2 Å². The minimum absolute atomic E-state index is 0.109. The normalized spacial score (nSPS) is 11.5. The molecule has 0 aliphatic carbocycles. The molecule has 1 rings (SSSR count). The summed E-state index contributed by atoms with van der Waals surface area (Å²) in [5, 5.41) is 9.68. The number of hydrogen-bond acceptors (Lipinski definition) is 2. The zero-order chi connectivity index (χ0) is 19.7. The molecule has 3 nitrogen and oxygen atoms in total. The van der Waals surface area contributed by atoms with E-state index in [9.17, 15) is 9.90 Å². The summed E-state index contributed by atoms with van der Waals surface area (Å²) in [6.07, 6.45) is 24.8. The highest BCUT2D eigenvalue weighted by Crippen LogP contribution is 2.13. The molecule has 0 aliphatic rings. The van der Waals surface area contributed by atoms with Crippen molar-refractivity contribution in [3.63, 3.8) is 0 Å². The van der Waals surface area contributed by atoms with Gasteiger partial charge in [-0.15, -0.1) is 0 Å². The number of allylic oxidation sites excluding steroid dienone is 2. The van der Waals surface area contributed by atoms with E-state index >= 15 is 0 Å². The minimum Gasteiger partial charge on any atom is -0.503 e. The van der Waals surface area contributed by atoms with Crippen LogP contribution in [0, 0.1) is 6.92 Å². The molecule has 0 saturated heterocycles. The second kappa shape index (κ2) is 15.5. The summed E-state index contributed by atoms with van der Waals surface area (Å²) in [6.45, 7) is 4.95. The zero-order valence-corrected chi connectivity index (χ0v) is 17.7. The summed E-state index contributed by atoms with van der Waals surface area (Å²) in [5.74, 6) is -0.109. The van der Waals surface area contributed by atoms with Crippen molar-refractivity contribution in [1.29, 1.82) is 0 Å². The third-order valence-electron chi connectivity index (χ3n) is 5.32. The molecule has 0 fully saturated rings. The number of aryl methyl sites for hydroxylation is 1. The maximum Gasteiger partial charge on any atom is 0.223 e. The van der Waals surface area contributed by atoms with E-state index in [0.717, 1.165) is 13.0 Å². The highest BCUT2D eigenvalue weighted by atomic mass is 16.3. The second-order valence-corrected chi connectivity index (χ2v) is 7.75. The van der Waals surface area contributed by atoms with Crippen LogP contribution in [0.3, 0.4) is 0 Å². The number of pyridine rings is 1. The summed E-state index contributed by atoms with van der Waals surface area (Å²) < 4.78 is 1.98. The summed E-state index contributed by atoms with van der Waals surface area (Å²) in [5.41, 5.74) is 0.389. The molecule has 0 atom stereocenters. The van der Waals surface area contributed by atoms with Crippen molar-refractivity contribution in [1.82, 2.24) is 4.57 Å². The molecule has 27 heavy (non-hydrogen) atoms. The van der Waals surface area contributed by atoms with Gasteiger partial charge >= 0.3 is 0 Å². The van der Waals surface area contributed by atoms with Gasteiger partial charge in [-0.1, -0.05) is 76.9 Å². The molecule has 1 heterocycles. The Morgan fingerprint density at radius 3 is 1.96 bits per heavy atom. The van der Waals surface area contributed by atoms with E-state index in [4.69, 9.17) is 0 Å². The number of hydrogen-bond donors (Lipinski definition) is 1. The second-order valence-electron chi connectivity index (χ2n) is 7.75. The molecule has 0 radical (unpaired) electrons. The third kappa shape index (κ3) is 11.0. The quantitative estimate of drug-likeness (QED) is 0.252. The van der Waals surface area contributed by atoms with Gasteiger partial charge in [0.2, 0.25) is 5.43 Å².